The Morgan fingerprint density at radius 3 is 2.50 bits per heavy atom. The Hall–Kier alpha value is -1.19. The summed E-state index contributed by atoms with van der Waals surface area (Å²) in [5.74, 6) is 0. The summed E-state index contributed by atoms with van der Waals surface area (Å²) in [6.07, 6.45) is 1.12. The molecule has 0 atom stereocenters. The van der Waals surface area contributed by atoms with Gasteiger partial charge in [0.15, 0.2) is 0 Å². The number of amides is 1. The van der Waals surface area contributed by atoms with Crippen molar-refractivity contribution in [2.45, 2.75) is 39.2 Å². The molecule has 4 nitrogen and oxygen atoms in total. The maximum Gasteiger partial charge on any atom is 0.407 e. The van der Waals surface area contributed by atoms with Gasteiger partial charge >= 0.3 is 6.09 Å². The van der Waals surface area contributed by atoms with Crippen molar-refractivity contribution in [3.63, 3.8) is 0 Å². The first-order valence-electron chi connectivity index (χ1n) is 4.71. The zero-order valence-electron chi connectivity index (χ0n) is 9.22. The summed E-state index contributed by atoms with van der Waals surface area (Å²) >= 11 is 0. The van der Waals surface area contributed by atoms with E-state index >= 15 is 0 Å². The van der Waals surface area contributed by atoms with Crippen molar-refractivity contribution >= 4 is 6.09 Å². The van der Waals surface area contributed by atoms with Crippen LogP contribution in [0.5, 0.6) is 0 Å². The number of hydrogen-bond donors (Lipinski definition) is 2. The first-order valence-corrected chi connectivity index (χ1v) is 4.71. The van der Waals surface area contributed by atoms with Crippen LogP contribution >= 0.6 is 0 Å². The van der Waals surface area contributed by atoms with Crippen LogP contribution in [0.3, 0.4) is 0 Å². The summed E-state index contributed by atoms with van der Waals surface area (Å²) < 4.78 is 5.04. The normalized spacial score (nSPS) is 10.8. The van der Waals surface area contributed by atoms with Crippen LogP contribution in [0, 0.1) is 0 Å². The Balaban J connectivity index is 3.50. The van der Waals surface area contributed by atoms with Crippen LogP contribution in [0.15, 0.2) is 12.3 Å². The SMILES string of the molecule is C=C(N)CCCNC(=O)OC(C)(C)C. The maximum absolute atomic E-state index is 11.1. The van der Waals surface area contributed by atoms with Crippen LogP contribution in [0.4, 0.5) is 4.79 Å². The van der Waals surface area contributed by atoms with Gasteiger partial charge in [-0.3, -0.25) is 0 Å². The van der Waals surface area contributed by atoms with E-state index in [2.05, 4.69) is 11.9 Å². The van der Waals surface area contributed by atoms with Crippen LogP contribution in [-0.4, -0.2) is 18.2 Å². The molecule has 0 aliphatic heterocycles. The lowest BCUT2D eigenvalue weighted by Crippen LogP contribution is -2.33. The Morgan fingerprint density at radius 2 is 2.07 bits per heavy atom. The summed E-state index contributed by atoms with van der Waals surface area (Å²) in [7, 11) is 0. The molecule has 0 saturated carbocycles. The fourth-order valence-corrected chi connectivity index (χ4v) is 0.820. The van der Waals surface area contributed by atoms with Gasteiger partial charge in [-0.15, -0.1) is 0 Å². The van der Waals surface area contributed by atoms with Gasteiger partial charge < -0.3 is 15.8 Å². The number of alkyl carbamates (subject to hydrolysis) is 1. The molecule has 0 aromatic rings. The van der Waals surface area contributed by atoms with Crippen molar-refractivity contribution in [2.75, 3.05) is 6.54 Å². The smallest absolute Gasteiger partial charge is 0.407 e. The van der Waals surface area contributed by atoms with Gasteiger partial charge in [-0.25, -0.2) is 4.79 Å². The van der Waals surface area contributed by atoms with E-state index in [1.807, 2.05) is 20.8 Å². The molecule has 0 unspecified atom stereocenters. The molecule has 1 amide bonds. The van der Waals surface area contributed by atoms with E-state index < -0.39 is 5.60 Å². The first kappa shape index (κ1) is 12.8. The minimum atomic E-state index is -0.443. The fourth-order valence-electron chi connectivity index (χ4n) is 0.820. The molecule has 0 spiro atoms. The zero-order chi connectivity index (χ0) is 11.2. The number of ether oxygens (including phenoxy) is 1. The van der Waals surface area contributed by atoms with Gasteiger partial charge in [-0.05, 0) is 33.6 Å². The van der Waals surface area contributed by atoms with E-state index in [-0.39, 0.29) is 6.09 Å². The van der Waals surface area contributed by atoms with Crippen LogP contribution in [0.25, 0.3) is 0 Å². The molecule has 0 aliphatic rings. The minimum Gasteiger partial charge on any atom is -0.444 e. The van der Waals surface area contributed by atoms with E-state index in [1.54, 1.807) is 0 Å². The monoisotopic (exact) mass is 200 g/mol. The number of carbonyl (C=O) groups is 1. The van der Waals surface area contributed by atoms with Gasteiger partial charge in [0, 0.05) is 12.2 Å². The number of rotatable bonds is 4. The molecule has 82 valence electrons. The van der Waals surface area contributed by atoms with Gasteiger partial charge in [-0.2, -0.15) is 0 Å². The van der Waals surface area contributed by atoms with Crippen molar-refractivity contribution in [3.05, 3.63) is 12.3 Å². The highest BCUT2D eigenvalue weighted by Crippen LogP contribution is 2.06. The number of nitrogens with two attached hydrogens (primary N) is 1. The average molecular weight is 200 g/mol. The molecule has 0 radical (unpaired) electrons. The molecule has 0 saturated heterocycles. The summed E-state index contributed by atoms with van der Waals surface area (Å²) in [6, 6.07) is 0. The van der Waals surface area contributed by atoms with Gasteiger partial charge in [0.25, 0.3) is 0 Å². The van der Waals surface area contributed by atoms with Crippen molar-refractivity contribution in [3.8, 4) is 0 Å². The standard InChI is InChI=1S/C10H20N2O2/c1-8(11)6-5-7-12-9(13)14-10(2,3)4/h1,5-7,11H2,2-4H3,(H,12,13). The highest BCUT2D eigenvalue weighted by atomic mass is 16.6. The molecule has 0 aromatic carbocycles. The molecule has 0 rings (SSSR count). The van der Waals surface area contributed by atoms with Gasteiger partial charge in [-0.1, -0.05) is 6.58 Å². The summed E-state index contributed by atoms with van der Waals surface area (Å²) in [6.45, 7) is 9.61. The molecular formula is C10H20N2O2. The predicted molar refractivity (Wildman–Crippen MR) is 56.8 cm³/mol. The molecule has 3 N–H and O–H groups in total. The minimum absolute atomic E-state index is 0.389. The third kappa shape index (κ3) is 8.90. The van der Waals surface area contributed by atoms with E-state index in [4.69, 9.17) is 10.5 Å². The second-order valence-corrected chi connectivity index (χ2v) is 4.19. The molecule has 0 aromatic heterocycles. The highest BCUT2D eigenvalue weighted by Gasteiger charge is 2.15. The Kier molecular flexibility index (Phi) is 5.05. The van der Waals surface area contributed by atoms with E-state index in [0.717, 1.165) is 12.8 Å². The van der Waals surface area contributed by atoms with E-state index in [0.29, 0.717) is 12.2 Å². The average Bonchev–Trinajstić information content (AvgIpc) is 1.94. The lowest BCUT2D eigenvalue weighted by molar-refractivity contribution is 0.0527. The maximum atomic E-state index is 11.1. The lowest BCUT2D eigenvalue weighted by Gasteiger charge is -2.19. The van der Waals surface area contributed by atoms with Gasteiger partial charge in [0.05, 0.1) is 0 Å². The quantitative estimate of drug-likeness (QED) is 0.680. The van der Waals surface area contributed by atoms with Crippen LogP contribution in [0.2, 0.25) is 0 Å². The second-order valence-electron chi connectivity index (χ2n) is 4.19. The molecule has 0 fully saturated rings. The van der Waals surface area contributed by atoms with Crippen molar-refractivity contribution < 1.29 is 9.53 Å². The van der Waals surface area contributed by atoms with Crippen LogP contribution in [-0.2, 0) is 4.74 Å². The first-order chi connectivity index (χ1) is 6.31. The number of nitrogens with one attached hydrogen (secondary N) is 1. The van der Waals surface area contributed by atoms with Crippen molar-refractivity contribution in [2.24, 2.45) is 5.73 Å². The van der Waals surface area contributed by atoms with Crippen molar-refractivity contribution in [1.29, 1.82) is 0 Å². The Labute approximate surface area is 85.5 Å². The summed E-state index contributed by atoms with van der Waals surface area (Å²) in [5, 5.41) is 2.64. The van der Waals surface area contributed by atoms with Gasteiger partial charge in [0.1, 0.15) is 5.60 Å². The van der Waals surface area contributed by atoms with Crippen LogP contribution in [0.1, 0.15) is 33.6 Å². The molecule has 0 aliphatic carbocycles. The molecule has 0 bridgehead atoms. The summed E-state index contributed by atoms with van der Waals surface area (Å²) in [4.78, 5) is 11.1. The molecule has 4 heteroatoms. The predicted octanol–water partition coefficient (Wildman–Crippen LogP) is 1.76. The summed E-state index contributed by atoms with van der Waals surface area (Å²) in [5.41, 5.74) is 5.56. The highest BCUT2D eigenvalue weighted by molar-refractivity contribution is 5.67. The molecular weight excluding hydrogens is 180 g/mol. The number of carbonyl (C=O) groups excluding carboxylic acids is 1. The lowest BCUT2D eigenvalue weighted by atomic mass is 10.2. The topological polar surface area (TPSA) is 64.3 Å². The fraction of sp³-hybridized carbons (Fsp3) is 0.700. The zero-order valence-corrected chi connectivity index (χ0v) is 9.22. The Morgan fingerprint density at radius 1 is 1.50 bits per heavy atom. The third-order valence-corrected chi connectivity index (χ3v) is 1.34. The second kappa shape index (κ2) is 5.52. The van der Waals surface area contributed by atoms with Crippen molar-refractivity contribution in [1.82, 2.24) is 5.32 Å². The number of allylic oxidation sites excluding steroid dienone is 1. The molecule has 0 heterocycles. The molecule has 14 heavy (non-hydrogen) atoms. The van der Waals surface area contributed by atoms with E-state index in [9.17, 15) is 4.79 Å². The number of hydrogen-bond acceptors (Lipinski definition) is 3. The Bertz CT molecular complexity index is 207. The van der Waals surface area contributed by atoms with Gasteiger partial charge in [0.2, 0.25) is 0 Å². The largest absolute Gasteiger partial charge is 0.444 e. The third-order valence-electron chi connectivity index (χ3n) is 1.34. The van der Waals surface area contributed by atoms with E-state index in [1.165, 1.54) is 0 Å². The van der Waals surface area contributed by atoms with Crippen LogP contribution < -0.4 is 11.1 Å².